The number of hydrogen-bond donors (Lipinski definition) is 0. The second-order valence-electron chi connectivity index (χ2n) is 11.5. The lowest BCUT2D eigenvalue weighted by Crippen LogP contribution is -2.63. The van der Waals surface area contributed by atoms with Gasteiger partial charge in [0.15, 0.2) is 24.6 Å². The van der Waals surface area contributed by atoms with Gasteiger partial charge in [0.25, 0.3) is 0 Å². The first-order chi connectivity index (χ1) is 24.3. The molecule has 1 saturated heterocycles. The Balaban J connectivity index is 1.55. The largest absolute Gasteiger partial charge is 0.459 e. The molecule has 5 rings (SSSR count). The van der Waals surface area contributed by atoms with Crippen molar-refractivity contribution in [3.8, 4) is 0 Å². The number of benzene rings is 4. The average Bonchev–Trinajstić information content (AvgIpc) is 3.16. The van der Waals surface area contributed by atoms with Gasteiger partial charge in [0.2, 0.25) is 0 Å². The van der Waals surface area contributed by atoms with E-state index < -0.39 is 67.3 Å². The van der Waals surface area contributed by atoms with Gasteiger partial charge in [-0.25, -0.2) is 19.2 Å². The van der Waals surface area contributed by atoms with E-state index in [0.717, 1.165) is 0 Å². The summed E-state index contributed by atoms with van der Waals surface area (Å²) >= 11 is 0. The molecule has 258 valence electrons. The summed E-state index contributed by atoms with van der Waals surface area (Å²) in [7, 11) is 0. The van der Waals surface area contributed by atoms with Crippen molar-refractivity contribution in [2.24, 2.45) is 0 Å². The van der Waals surface area contributed by atoms with Crippen molar-refractivity contribution in [3.05, 3.63) is 156 Å². The normalized spacial score (nSPS) is 20.5. The fourth-order valence-electron chi connectivity index (χ4n) is 5.29. The molecule has 1 aliphatic rings. The summed E-state index contributed by atoms with van der Waals surface area (Å²) in [6.45, 7) is 5.15. The van der Waals surface area contributed by atoms with Crippen LogP contribution in [0.2, 0.25) is 0 Å². The summed E-state index contributed by atoms with van der Waals surface area (Å²) in [5, 5.41) is 0. The van der Waals surface area contributed by atoms with E-state index in [4.69, 9.17) is 28.4 Å². The lowest BCUT2D eigenvalue weighted by Gasteiger charge is -2.45. The van der Waals surface area contributed by atoms with Gasteiger partial charge in [0.05, 0.1) is 28.4 Å². The minimum Gasteiger partial charge on any atom is -0.459 e. The van der Waals surface area contributed by atoms with Crippen LogP contribution in [0.4, 0.5) is 0 Å². The van der Waals surface area contributed by atoms with Gasteiger partial charge in [0, 0.05) is 0 Å². The molecule has 6 atom stereocenters. The maximum absolute atomic E-state index is 13.7. The van der Waals surface area contributed by atoms with Crippen LogP contribution in [-0.2, 0) is 28.4 Å². The van der Waals surface area contributed by atoms with E-state index in [0.29, 0.717) is 12.8 Å². The third-order valence-electron chi connectivity index (χ3n) is 7.88. The Morgan fingerprint density at radius 2 is 1.02 bits per heavy atom. The van der Waals surface area contributed by atoms with Gasteiger partial charge >= 0.3 is 23.9 Å². The lowest BCUT2D eigenvalue weighted by atomic mass is 9.97. The summed E-state index contributed by atoms with van der Waals surface area (Å²) in [5.74, 6) is -2.97. The van der Waals surface area contributed by atoms with Crippen molar-refractivity contribution in [1.82, 2.24) is 0 Å². The molecule has 0 aromatic heterocycles. The zero-order valence-corrected chi connectivity index (χ0v) is 27.5. The van der Waals surface area contributed by atoms with Crippen LogP contribution < -0.4 is 0 Å². The van der Waals surface area contributed by atoms with Crippen LogP contribution in [0.25, 0.3) is 0 Å². The summed E-state index contributed by atoms with van der Waals surface area (Å²) < 4.78 is 36.4. The van der Waals surface area contributed by atoms with Crippen molar-refractivity contribution in [2.75, 3.05) is 6.61 Å². The first-order valence-electron chi connectivity index (χ1n) is 16.3. The second kappa shape index (κ2) is 17.7. The molecule has 0 saturated carbocycles. The van der Waals surface area contributed by atoms with Crippen LogP contribution in [0.1, 0.15) is 61.2 Å². The second-order valence-corrected chi connectivity index (χ2v) is 11.5. The molecule has 1 heterocycles. The smallest absolute Gasteiger partial charge is 0.338 e. The fraction of sp³-hybridized carbons (Fsp3) is 0.250. The lowest BCUT2D eigenvalue weighted by molar-refractivity contribution is -0.307. The molecule has 4 aromatic carbocycles. The predicted molar refractivity (Wildman–Crippen MR) is 182 cm³/mol. The molecule has 1 aliphatic heterocycles. The topological polar surface area (TPSA) is 124 Å². The maximum atomic E-state index is 13.7. The van der Waals surface area contributed by atoms with Crippen LogP contribution in [0, 0.1) is 0 Å². The van der Waals surface area contributed by atoms with E-state index in [9.17, 15) is 19.2 Å². The van der Waals surface area contributed by atoms with Crippen molar-refractivity contribution in [2.45, 2.75) is 56.6 Å². The molecule has 4 aromatic rings. The average molecular weight is 679 g/mol. The van der Waals surface area contributed by atoms with E-state index in [1.807, 2.05) is 0 Å². The molecule has 10 heteroatoms. The Kier molecular flexibility index (Phi) is 12.7. The zero-order valence-electron chi connectivity index (χ0n) is 27.5. The van der Waals surface area contributed by atoms with E-state index in [-0.39, 0.29) is 22.3 Å². The van der Waals surface area contributed by atoms with Crippen LogP contribution in [0.15, 0.2) is 134 Å². The van der Waals surface area contributed by atoms with E-state index in [1.165, 1.54) is 0 Å². The summed E-state index contributed by atoms with van der Waals surface area (Å²) in [6, 6.07) is 32.9. The highest BCUT2D eigenvalue weighted by molar-refractivity contribution is 5.91. The molecule has 0 aliphatic carbocycles. The Morgan fingerprint density at radius 3 is 1.46 bits per heavy atom. The monoisotopic (exact) mass is 678 g/mol. The summed E-state index contributed by atoms with van der Waals surface area (Å²) in [4.78, 5) is 53.8. The number of carbonyl (C=O) groups is 4. The zero-order chi connectivity index (χ0) is 35.3. The van der Waals surface area contributed by atoms with Crippen LogP contribution in [0.5, 0.6) is 0 Å². The van der Waals surface area contributed by atoms with Gasteiger partial charge in [-0.05, 0) is 68.3 Å². The number of rotatable bonds is 14. The molecule has 1 fully saturated rings. The Labute approximate surface area is 290 Å². The van der Waals surface area contributed by atoms with E-state index in [1.54, 1.807) is 134 Å². The molecule has 0 amide bonds. The molecule has 0 spiro atoms. The maximum Gasteiger partial charge on any atom is 0.338 e. The van der Waals surface area contributed by atoms with Crippen LogP contribution >= 0.6 is 0 Å². The van der Waals surface area contributed by atoms with Gasteiger partial charge < -0.3 is 28.4 Å². The quantitative estimate of drug-likeness (QED) is 0.0817. The summed E-state index contributed by atoms with van der Waals surface area (Å²) in [6.07, 6.45) is -4.47. The molecule has 0 radical (unpaired) electrons. The minimum atomic E-state index is -1.48. The first-order valence-corrected chi connectivity index (χ1v) is 16.3. The standard InChI is InChI=1S/C40H38O10/c1-3-4-17-27(2)46-40-35(50-39(44)31-24-15-8-16-25-31)34(49-38(43)30-22-13-7-14-23-30)33(48-37(42)29-20-11-6-12-21-29)32(47-40)26-45-36(41)28-18-9-5-10-19-28/h3,5-16,18-25,27,32-35,40H,1,4,17,26H2,2H3/t27-,32+,33+,34-,35-,40-/m1/s1. The minimum absolute atomic E-state index is 0.198. The highest BCUT2D eigenvalue weighted by atomic mass is 16.7. The van der Waals surface area contributed by atoms with Gasteiger partial charge in [-0.2, -0.15) is 0 Å². The number of ether oxygens (including phenoxy) is 6. The molecule has 0 N–H and O–H groups in total. The van der Waals surface area contributed by atoms with Gasteiger partial charge in [0.1, 0.15) is 12.7 Å². The van der Waals surface area contributed by atoms with Crippen molar-refractivity contribution >= 4 is 23.9 Å². The van der Waals surface area contributed by atoms with Gasteiger partial charge in [-0.1, -0.05) is 78.9 Å². The van der Waals surface area contributed by atoms with Gasteiger partial charge in [-0.15, -0.1) is 6.58 Å². The Morgan fingerprint density at radius 1 is 0.620 bits per heavy atom. The third-order valence-corrected chi connectivity index (χ3v) is 7.88. The van der Waals surface area contributed by atoms with Crippen molar-refractivity contribution in [1.29, 1.82) is 0 Å². The van der Waals surface area contributed by atoms with E-state index in [2.05, 4.69) is 6.58 Å². The van der Waals surface area contributed by atoms with Crippen LogP contribution in [-0.4, -0.2) is 67.3 Å². The molecular formula is C40H38O10. The fourth-order valence-corrected chi connectivity index (χ4v) is 5.29. The first kappa shape index (κ1) is 35.7. The van der Waals surface area contributed by atoms with Gasteiger partial charge in [-0.3, -0.25) is 0 Å². The molecular weight excluding hydrogens is 640 g/mol. The predicted octanol–water partition coefficient (Wildman–Crippen LogP) is 6.62. The highest BCUT2D eigenvalue weighted by Crippen LogP contribution is 2.32. The number of allylic oxidation sites excluding steroid dienone is 1. The molecule has 10 nitrogen and oxygen atoms in total. The molecule has 0 bridgehead atoms. The number of hydrogen-bond acceptors (Lipinski definition) is 10. The summed E-state index contributed by atoms with van der Waals surface area (Å²) in [5.41, 5.74) is 0.906. The SMILES string of the molecule is C=CCC[C@@H](C)O[C@@H]1O[C@@H](COC(=O)c2ccccc2)[C@H](OC(=O)c2ccccc2)[C@@H](OC(=O)c2ccccc2)[C@H]1OC(=O)c1ccccc1. The third kappa shape index (κ3) is 9.52. The highest BCUT2D eigenvalue weighted by Gasteiger charge is 2.54. The molecule has 50 heavy (non-hydrogen) atoms. The number of esters is 4. The molecule has 0 unspecified atom stereocenters. The van der Waals surface area contributed by atoms with Crippen molar-refractivity contribution < 1.29 is 47.6 Å². The Bertz CT molecular complexity index is 1710. The van der Waals surface area contributed by atoms with E-state index >= 15 is 0 Å². The van der Waals surface area contributed by atoms with Crippen molar-refractivity contribution in [3.63, 3.8) is 0 Å². The Hall–Kier alpha value is -5.58. The van der Waals surface area contributed by atoms with Crippen LogP contribution in [0.3, 0.4) is 0 Å². The number of carbonyl (C=O) groups excluding carboxylic acids is 4.